The molecule has 1 atom stereocenters. The summed E-state index contributed by atoms with van der Waals surface area (Å²) in [4.78, 5) is 12.5. The number of carbonyl (C=O) groups excluding carboxylic acids is 1. The normalized spacial score (nSPS) is 25.5. The van der Waals surface area contributed by atoms with Gasteiger partial charge in [0, 0.05) is 10.5 Å². The average Bonchev–Trinajstić information content (AvgIpc) is 2.56. The van der Waals surface area contributed by atoms with Crippen LogP contribution < -0.4 is 0 Å². The Balaban J connectivity index is 1.98. The minimum Gasteiger partial charge on any atom is -0.463 e. The lowest BCUT2D eigenvalue weighted by Crippen LogP contribution is -2.07. The lowest BCUT2D eigenvalue weighted by molar-refractivity contribution is -0.108. The van der Waals surface area contributed by atoms with Crippen LogP contribution in [0.4, 0.5) is 0 Å². The first-order chi connectivity index (χ1) is 8.75. The summed E-state index contributed by atoms with van der Waals surface area (Å²) < 4.78 is 5.69. The Bertz CT molecular complexity index is 552. The van der Waals surface area contributed by atoms with Crippen LogP contribution in [-0.4, -0.2) is 10.5 Å². The number of hydrogen-bond donors (Lipinski definition) is 0. The van der Waals surface area contributed by atoms with Gasteiger partial charge >= 0.3 is 0 Å². The van der Waals surface area contributed by atoms with Crippen molar-refractivity contribution in [2.75, 3.05) is 0 Å². The first kappa shape index (κ1) is 11.9. The lowest BCUT2D eigenvalue weighted by atomic mass is 10.1. The molecule has 4 heteroatoms. The number of allylic oxidation sites excluding steroid dienone is 6. The molecule has 0 radical (unpaired) electrons. The van der Waals surface area contributed by atoms with E-state index >= 15 is 0 Å². The van der Waals surface area contributed by atoms with Gasteiger partial charge in [-0.3, -0.25) is 4.79 Å². The largest absolute Gasteiger partial charge is 0.463 e. The lowest BCUT2D eigenvalue weighted by Gasteiger charge is -2.18. The zero-order valence-corrected chi connectivity index (χ0v) is 11.1. The standard InChI is InChI=1S/C14H11ClO2S/c15-14(16)10-5-3-7-12-13(10)17-8-9-4-1-2-6-11(9)18-12/h1-2,4-6,8,11H,3,7H2. The molecule has 3 aliphatic rings. The molecular formula is C14H11ClO2S. The Kier molecular flexibility index (Phi) is 3.18. The van der Waals surface area contributed by atoms with Crippen LogP contribution in [0.1, 0.15) is 12.8 Å². The number of thioether (sulfide) groups is 1. The summed E-state index contributed by atoms with van der Waals surface area (Å²) in [5, 5.41) is -0.176. The monoisotopic (exact) mass is 278 g/mol. The Labute approximate surface area is 115 Å². The minimum absolute atomic E-state index is 0.271. The maximum atomic E-state index is 11.4. The van der Waals surface area contributed by atoms with Crippen molar-refractivity contribution in [1.82, 2.24) is 0 Å². The Morgan fingerprint density at radius 1 is 1.44 bits per heavy atom. The fourth-order valence-corrected chi connectivity index (χ4v) is 3.56. The number of hydrogen-bond acceptors (Lipinski definition) is 3. The average molecular weight is 279 g/mol. The van der Waals surface area contributed by atoms with Gasteiger partial charge in [-0.25, -0.2) is 0 Å². The summed E-state index contributed by atoms with van der Waals surface area (Å²) in [6, 6.07) is 0. The summed E-state index contributed by atoms with van der Waals surface area (Å²) in [6.45, 7) is 0. The van der Waals surface area contributed by atoms with E-state index in [9.17, 15) is 4.79 Å². The van der Waals surface area contributed by atoms with Crippen LogP contribution in [-0.2, 0) is 9.53 Å². The Morgan fingerprint density at radius 2 is 2.33 bits per heavy atom. The van der Waals surface area contributed by atoms with Gasteiger partial charge < -0.3 is 4.74 Å². The molecule has 3 rings (SSSR count). The maximum absolute atomic E-state index is 11.4. The third kappa shape index (κ3) is 2.08. The van der Waals surface area contributed by atoms with Crippen LogP contribution in [0.3, 0.4) is 0 Å². The number of carbonyl (C=O) groups is 1. The van der Waals surface area contributed by atoms with Crippen molar-refractivity contribution in [2.24, 2.45) is 0 Å². The highest BCUT2D eigenvalue weighted by molar-refractivity contribution is 8.04. The third-order valence-corrected chi connectivity index (χ3v) is 4.59. The fourth-order valence-electron chi connectivity index (χ4n) is 2.15. The van der Waals surface area contributed by atoms with E-state index in [0.717, 1.165) is 23.3 Å². The van der Waals surface area contributed by atoms with Crippen LogP contribution in [0.2, 0.25) is 0 Å². The van der Waals surface area contributed by atoms with E-state index < -0.39 is 5.24 Å². The molecule has 0 spiro atoms. The van der Waals surface area contributed by atoms with Crippen molar-refractivity contribution in [3.05, 3.63) is 58.5 Å². The summed E-state index contributed by atoms with van der Waals surface area (Å²) in [5.41, 5.74) is 1.60. The fraction of sp³-hybridized carbons (Fsp3) is 0.214. The van der Waals surface area contributed by atoms with Crippen molar-refractivity contribution in [3.63, 3.8) is 0 Å². The van der Waals surface area contributed by atoms with Gasteiger partial charge in [0.2, 0.25) is 0 Å². The van der Waals surface area contributed by atoms with Crippen LogP contribution >= 0.6 is 23.4 Å². The zero-order valence-electron chi connectivity index (χ0n) is 9.56. The number of fused-ring (bicyclic) bond motifs is 1. The molecule has 2 aliphatic carbocycles. The third-order valence-electron chi connectivity index (χ3n) is 3.03. The molecule has 2 nitrogen and oxygen atoms in total. The zero-order chi connectivity index (χ0) is 12.5. The van der Waals surface area contributed by atoms with E-state index in [1.807, 2.05) is 24.3 Å². The first-order valence-corrected chi connectivity index (χ1v) is 7.03. The second kappa shape index (κ2) is 4.82. The second-order valence-corrected chi connectivity index (χ2v) is 5.78. The smallest absolute Gasteiger partial charge is 0.255 e. The van der Waals surface area contributed by atoms with Gasteiger partial charge in [-0.15, -0.1) is 11.8 Å². The molecule has 0 aromatic rings. The predicted molar refractivity (Wildman–Crippen MR) is 74.0 cm³/mol. The van der Waals surface area contributed by atoms with Crippen molar-refractivity contribution < 1.29 is 9.53 Å². The van der Waals surface area contributed by atoms with E-state index in [0.29, 0.717) is 11.3 Å². The molecular weight excluding hydrogens is 268 g/mol. The van der Waals surface area contributed by atoms with Crippen LogP contribution in [0, 0.1) is 0 Å². The van der Waals surface area contributed by atoms with Crippen LogP contribution in [0.15, 0.2) is 58.5 Å². The van der Waals surface area contributed by atoms with Crippen LogP contribution in [0.25, 0.3) is 0 Å². The predicted octanol–water partition coefficient (Wildman–Crippen LogP) is 3.83. The number of rotatable bonds is 1. The van der Waals surface area contributed by atoms with Crippen molar-refractivity contribution >= 4 is 28.6 Å². The molecule has 1 unspecified atom stereocenters. The quantitative estimate of drug-likeness (QED) is 0.682. The Morgan fingerprint density at radius 3 is 3.17 bits per heavy atom. The highest BCUT2D eigenvalue weighted by Gasteiger charge is 2.27. The molecule has 0 saturated carbocycles. The molecule has 0 aromatic carbocycles. The van der Waals surface area contributed by atoms with E-state index in [-0.39, 0.29) is 5.25 Å². The van der Waals surface area contributed by atoms with Gasteiger partial charge in [-0.1, -0.05) is 30.4 Å². The van der Waals surface area contributed by atoms with Gasteiger partial charge in [0.25, 0.3) is 5.24 Å². The molecule has 1 heterocycles. The second-order valence-electron chi connectivity index (χ2n) is 4.20. The molecule has 0 fully saturated rings. The van der Waals surface area contributed by atoms with Gasteiger partial charge in [0.05, 0.1) is 17.1 Å². The maximum Gasteiger partial charge on any atom is 0.255 e. The summed E-state index contributed by atoms with van der Waals surface area (Å²) >= 11 is 7.34. The molecule has 0 bridgehead atoms. The minimum atomic E-state index is -0.447. The number of halogens is 1. The Hall–Kier alpha value is -1.19. The molecule has 0 saturated heterocycles. The van der Waals surface area contributed by atoms with Crippen molar-refractivity contribution in [1.29, 1.82) is 0 Å². The SMILES string of the molecule is O=C(Cl)C1=CCCC2=C1OC=C1C=CC=CC1S2. The van der Waals surface area contributed by atoms with E-state index in [1.165, 1.54) is 0 Å². The molecule has 0 aromatic heterocycles. The van der Waals surface area contributed by atoms with Gasteiger partial charge in [0.15, 0.2) is 0 Å². The number of ether oxygens (including phenoxy) is 1. The highest BCUT2D eigenvalue weighted by Crippen LogP contribution is 2.42. The van der Waals surface area contributed by atoms with E-state index in [1.54, 1.807) is 18.0 Å². The molecule has 0 amide bonds. The van der Waals surface area contributed by atoms with E-state index in [4.69, 9.17) is 16.3 Å². The molecule has 0 N–H and O–H groups in total. The van der Waals surface area contributed by atoms with Crippen LogP contribution in [0.5, 0.6) is 0 Å². The van der Waals surface area contributed by atoms with E-state index in [2.05, 4.69) is 6.08 Å². The van der Waals surface area contributed by atoms with Gasteiger partial charge in [-0.2, -0.15) is 0 Å². The molecule has 1 aliphatic heterocycles. The molecule has 92 valence electrons. The topological polar surface area (TPSA) is 26.3 Å². The highest BCUT2D eigenvalue weighted by atomic mass is 35.5. The van der Waals surface area contributed by atoms with Crippen molar-refractivity contribution in [2.45, 2.75) is 18.1 Å². The molecule has 18 heavy (non-hydrogen) atoms. The van der Waals surface area contributed by atoms with Crippen molar-refractivity contribution in [3.8, 4) is 0 Å². The summed E-state index contributed by atoms with van der Waals surface area (Å²) in [5.74, 6) is 0.634. The van der Waals surface area contributed by atoms with Gasteiger partial charge in [0.1, 0.15) is 5.76 Å². The summed E-state index contributed by atoms with van der Waals surface area (Å²) in [6.07, 6.45) is 13.5. The first-order valence-electron chi connectivity index (χ1n) is 5.77. The summed E-state index contributed by atoms with van der Waals surface area (Å²) in [7, 11) is 0. The van der Waals surface area contributed by atoms with Gasteiger partial charge in [-0.05, 0) is 24.4 Å².